The average Bonchev–Trinajstić information content (AvgIpc) is 3.49. The molecular formula is C24H20ClN3O4S3. The minimum absolute atomic E-state index is 0.0613. The molecule has 180 valence electrons. The summed E-state index contributed by atoms with van der Waals surface area (Å²) in [6.07, 6.45) is 3.99. The quantitative estimate of drug-likeness (QED) is 0.342. The van der Waals surface area contributed by atoms with E-state index in [2.05, 4.69) is 0 Å². The number of rotatable bonds is 5. The van der Waals surface area contributed by atoms with Crippen LogP contribution >= 0.6 is 35.6 Å². The van der Waals surface area contributed by atoms with Crippen molar-refractivity contribution in [1.29, 1.82) is 0 Å². The molecule has 7 nitrogen and oxygen atoms in total. The molecule has 2 aliphatic heterocycles. The number of aromatic nitrogens is 2. The predicted molar refractivity (Wildman–Crippen MR) is 143 cm³/mol. The van der Waals surface area contributed by atoms with E-state index in [1.54, 1.807) is 30.0 Å². The molecule has 5 rings (SSSR count). The van der Waals surface area contributed by atoms with Crippen molar-refractivity contribution in [1.82, 2.24) is 14.7 Å². The van der Waals surface area contributed by atoms with Crippen LogP contribution in [0.25, 0.3) is 23.0 Å². The molecule has 0 aliphatic carbocycles. The van der Waals surface area contributed by atoms with E-state index < -0.39 is 15.9 Å². The Morgan fingerprint density at radius 1 is 1.23 bits per heavy atom. The number of hydrogen-bond acceptors (Lipinski definition) is 7. The van der Waals surface area contributed by atoms with Gasteiger partial charge in [0.05, 0.1) is 40.3 Å². The topological polar surface area (TPSA) is 81.5 Å². The number of nitrogens with zero attached hydrogens (tertiary/aromatic N) is 3. The molecule has 0 saturated carbocycles. The van der Waals surface area contributed by atoms with Crippen molar-refractivity contribution < 1.29 is 17.9 Å². The largest absolute Gasteiger partial charge is 0.495 e. The van der Waals surface area contributed by atoms with Crippen LogP contribution in [0.2, 0.25) is 5.02 Å². The average molecular weight is 546 g/mol. The predicted octanol–water partition coefficient (Wildman–Crippen LogP) is 4.59. The highest BCUT2D eigenvalue weighted by Crippen LogP contribution is 2.38. The van der Waals surface area contributed by atoms with Crippen LogP contribution in [0, 0.1) is 0 Å². The van der Waals surface area contributed by atoms with Crippen molar-refractivity contribution in [2.45, 2.75) is 12.5 Å². The van der Waals surface area contributed by atoms with Crippen LogP contribution in [0.15, 0.2) is 59.6 Å². The standard InChI is InChI=1S/C24H20ClN3O4S3/c1-32-20-8-7-15(11-19(20)25)22-16(13-27(26-22)17-5-3-2-4-6-17)12-21-23(29)28(24(33)34-21)18-9-10-35(30,31)14-18/h2-8,11-13,18H,9-10,14H2,1H3/b21-12-/t18-/m1/s1. The summed E-state index contributed by atoms with van der Waals surface area (Å²) >= 11 is 13.0. The van der Waals surface area contributed by atoms with Crippen LogP contribution in [0.3, 0.4) is 0 Å². The normalized spacial score (nSPS) is 20.7. The minimum atomic E-state index is -3.15. The molecule has 0 bridgehead atoms. The van der Waals surface area contributed by atoms with E-state index in [0.717, 1.165) is 11.3 Å². The first-order valence-corrected chi connectivity index (χ1v) is 14.1. The van der Waals surface area contributed by atoms with Gasteiger partial charge >= 0.3 is 0 Å². The van der Waals surface area contributed by atoms with Crippen LogP contribution < -0.4 is 4.74 Å². The van der Waals surface area contributed by atoms with Gasteiger partial charge in [0.1, 0.15) is 15.8 Å². The number of ether oxygens (including phenoxy) is 1. The maximum Gasteiger partial charge on any atom is 0.266 e. The molecule has 0 N–H and O–H groups in total. The maximum atomic E-state index is 13.3. The number of thioether (sulfide) groups is 1. The van der Waals surface area contributed by atoms with Gasteiger partial charge in [-0.3, -0.25) is 9.69 Å². The number of amides is 1. The van der Waals surface area contributed by atoms with Gasteiger partial charge in [-0.05, 0) is 42.8 Å². The summed E-state index contributed by atoms with van der Waals surface area (Å²) in [6.45, 7) is 0. The third-order valence-corrected chi connectivity index (χ3v) is 9.25. The highest BCUT2D eigenvalue weighted by molar-refractivity contribution is 8.26. The summed E-state index contributed by atoms with van der Waals surface area (Å²) in [7, 11) is -1.60. The van der Waals surface area contributed by atoms with E-state index in [9.17, 15) is 13.2 Å². The molecule has 0 radical (unpaired) electrons. The first-order valence-electron chi connectivity index (χ1n) is 10.7. The Labute approximate surface area is 217 Å². The van der Waals surface area contributed by atoms with E-state index in [4.69, 9.17) is 33.7 Å². The smallest absolute Gasteiger partial charge is 0.266 e. The first-order chi connectivity index (χ1) is 16.8. The Morgan fingerprint density at radius 3 is 2.66 bits per heavy atom. The lowest BCUT2D eigenvalue weighted by atomic mass is 10.1. The number of halogens is 1. The lowest BCUT2D eigenvalue weighted by molar-refractivity contribution is -0.123. The van der Waals surface area contributed by atoms with Crippen molar-refractivity contribution in [3.63, 3.8) is 0 Å². The van der Waals surface area contributed by atoms with E-state index in [1.807, 2.05) is 42.6 Å². The van der Waals surface area contributed by atoms with Gasteiger partial charge in [0.25, 0.3) is 5.91 Å². The number of methoxy groups -OCH3 is 1. The molecule has 2 aromatic carbocycles. The molecule has 3 heterocycles. The Kier molecular flexibility index (Phi) is 6.47. The van der Waals surface area contributed by atoms with Crippen LogP contribution in [-0.2, 0) is 14.6 Å². The van der Waals surface area contributed by atoms with E-state index in [1.165, 1.54) is 16.7 Å². The Hall–Kier alpha value is -2.66. The second-order valence-electron chi connectivity index (χ2n) is 8.17. The lowest BCUT2D eigenvalue weighted by Crippen LogP contribution is -2.39. The monoisotopic (exact) mass is 545 g/mol. The molecule has 11 heteroatoms. The van der Waals surface area contributed by atoms with Crippen molar-refractivity contribution in [3.05, 3.63) is 70.2 Å². The van der Waals surface area contributed by atoms with Gasteiger partial charge in [-0.25, -0.2) is 13.1 Å². The summed E-state index contributed by atoms with van der Waals surface area (Å²) in [5, 5.41) is 5.22. The summed E-state index contributed by atoms with van der Waals surface area (Å²) in [5.74, 6) is 0.272. The van der Waals surface area contributed by atoms with Crippen molar-refractivity contribution in [2.75, 3.05) is 18.6 Å². The SMILES string of the molecule is COc1ccc(-c2nn(-c3ccccc3)cc2/C=C2\SC(=S)N([C@@H]3CCS(=O)(=O)C3)C2=O)cc1Cl. The summed E-state index contributed by atoms with van der Waals surface area (Å²) < 4.78 is 31.3. The maximum absolute atomic E-state index is 13.3. The third-order valence-electron chi connectivity index (χ3n) is 5.87. The number of benzene rings is 2. The molecule has 1 aromatic heterocycles. The van der Waals surface area contributed by atoms with Crippen LogP contribution in [0.5, 0.6) is 5.75 Å². The second-order valence-corrected chi connectivity index (χ2v) is 12.5. The molecule has 2 saturated heterocycles. The van der Waals surface area contributed by atoms with Gasteiger partial charge in [0, 0.05) is 17.3 Å². The van der Waals surface area contributed by atoms with Crippen LogP contribution in [-0.4, -0.2) is 58.0 Å². The molecule has 0 spiro atoms. The number of thiocarbonyl (C=S) groups is 1. The molecule has 3 aromatic rings. The van der Waals surface area contributed by atoms with Gasteiger partial charge in [-0.2, -0.15) is 5.10 Å². The zero-order valence-corrected chi connectivity index (χ0v) is 21.8. The van der Waals surface area contributed by atoms with Crippen molar-refractivity contribution in [2.24, 2.45) is 0 Å². The van der Waals surface area contributed by atoms with E-state index in [0.29, 0.717) is 37.7 Å². The molecule has 35 heavy (non-hydrogen) atoms. The fraction of sp³-hybridized carbons (Fsp3) is 0.208. The van der Waals surface area contributed by atoms with E-state index >= 15 is 0 Å². The molecule has 2 aliphatic rings. The highest BCUT2D eigenvalue weighted by atomic mass is 35.5. The van der Waals surface area contributed by atoms with Gasteiger partial charge in [-0.15, -0.1) is 0 Å². The van der Waals surface area contributed by atoms with Crippen molar-refractivity contribution >= 4 is 61.7 Å². The number of para-hydroxylation sites is 1. The first kappa shape index (κ1) is 24.1. The highest BCUT2D eigenvalue weighted by Gasteiger charge is 2.42. The molecule has 1 atom stereocenters. The van der Waals surface area contributed by atoms with Gasteiger partial charge in [0.2, 0.25) is 0 Å². The Bertz CT molecular complexity index is 1470. The van der Waals surface area contributed by atoms with Gasteiger partial charge in [-0.1, -0.05) is 53.8 Å². The number of hydrogen-bond donors (Lipinski definition) is 0. The summed E-state index contributed by atoms with van der Waals surface area (Å²) in [6, 6.07) is 14.6. The van der Waals surface area contributed by atoms with Crippen LogP contribution in [0.4, 0.5) is 0 Å². The molecule has 0 unspecified atom stereocenters. The Morgan fingerprint density at radius 2 is 2.00 bits per heavy atom. The minimum Gasteiger partial charge on any atom is -0.495 e. The Balaban J connectivity index is 1.56. The second kappa shape index (κ2) is 9.42. The zero-order valence-electron chi connectivity index (χ0n) is 18.5. The number of sulfone groups is 1. The number of carbonyl (C=O) groups excluding carboxylic acids is 1. The van der Waals surface area contributed by atoms with E-state index in [-0.39, 0.29) is 17.4 Å². The van der Waals surface area contributed by atoms with Gasteiger partial charge in [0.15, 0.2) is 9.84 Å². The molecule has 1 amide bonds. The van der Waals surface area contributed by atoms with Crippen LogP contribution in [0.1, 0.15) is 12.0 Å². The van der Waals surface area contributed by atoms with Gasteiger partial charge < -0.3 is 4.74 Å². The molecule has 2 fully saturated rings. The van der Waals surface area contributed by atoms with Crippen molar-refractivity contribution in [3.8, 4) is 22.7 Å². The lowest BCUT2D eigenvalue weighted by Gasteiger charge is -2.20. The fourth-order valence-electron chi connectivity index (χ4n) is 4.16. The summed E-state index contributed by atoms with van der Waals surface area (Å²) in [4.78, 5) is 15.1. The fourth-order valence-corrected chi connectivity index (χ4v) is 7.51. The summed E-state index contributed by atoms with van der Waals surface area (Å²) in [5.41, 5.74) is 2.95. The number of carbonyl (C=O) groups is 1. The third kappa shape index (κ3) is 4.75. The molecular weight excluding hydrogens is 526 g/mol. The zero-order chi connectivity index (χ0) is 24.7.